The van der Waals surface area contributed by atoms with Crippen LogP contribution in [0.5, 0.6) is 0 Å². The third-order valence-corrected chi connectivity index (χ3v) is 4.06. The molecule has 1 atom stereocenters. The van der Waals surface area contributed by atoms with Crippen LogP contribution in [0.15, 0.2) is 11.4 Å². The largest absolute Gasteiger partial charge is 0.351 e. The van der Waals surface area contributed by atoms with Gasteiger partial charge in [-0.2, -0.15) is 0 Å². The quantitative estimate of drug-likeness (QED) is 0.842. The molecule has 1 rings (SSSR count). The number of alkyl halides is 1. The summed E-state index contributed by atoms with van der Waals surface area (Å²) in [4.78, 5) is 12.5. The number of hydrogen-bond acceptors (Lipinski definition) is 2. The Morgan fingerprint density at radius 3 is 2.93 bits per heavy atom. The van der Waals surface area contributed by atoms with Gasteiger partial charge in [0.25, 0.3) is 5.91 Å². The standard InChI is InChI=1S/C10H14BrNOS/c1-7(5-11)6-12-10(13)9-8(2)3-4-14-9/h3-4,7H,5-6H2,1-2H3,(H,12,13). The van der Waals surface area contributed by atoms with Crippen LogP contribution in [0.3, 0.4) is 0 Å². The van der Waals surface area contributed by atoms with Crippen molar-refractivity contribution in [2.45, 2.75) is 13.8 Å². The highest BCUT2D eigenvalue weighted by Gasteiger charge is 2.10. The highest BCUT2D eigenvalue weighted by Crippen LogP contribution is 2.15. The van der Waals surface area contributed by atoms with Gasteiger partial charge in [-0.1, -0.05) is 22.9 Å². The van der Waals surface area contributed by atoms with Crippen molar-refractivity contribution in [1.82, 2.24) is 5.32 Å². The zero-order valence-electron chi connectivity index (χ0n) is 8.34. The average Bonchev–Trinajstić information content (AvgIpc) is 2.60. The second kappa shape index (κ2) is 5.51. The van der Waals surface area contributed by atoms with E-state index in [0.717, 1.165) is 22.3 Å². The van der Waals surface area contributed by atoms with Crippen molar-refractivity contribution in [2.75, 3.05) is 11.9 Å². The SMILES string of the molecule is Cc1ccsc1C(=O)NCC(C)CBr. The number of hydrogen-bond donors (Lipinski definition) is 1. The Kier molecular flexibility index (Phi) is 4.62. The van der Waals surface area contributed by atoms with Crippen LogP contribution in [0.1, 0.15) is 22.2 Å². The summed E-state index contributed by atoms with van der Waals surface area (Å²) in [6.07, 6.45) is 0. The maximum absolute atomic E-state index is 11.6. The van der Waals surface area contributed by atoms with Gasteiger partial charge in [-0.3, -0.25) is 4.79 Å². The molecular weight excluding hydrogens is 262 g/mol. The van der Waals surface area contributed by atoms with Crippen LogP contribution in [0.2, 0.25) is 0 Å². The maximum Gasteiger partial charge on any atom is 0.261 e. The fourth-order valence-electron chi connectivity index (χ4n) is 1.01. The van der Waals surface area contributed by atoms with Crippen molar-refractivity contribution < 1.29 is 4.79 Å². The molecule has 1 aromatic heterocycles. The molecule has 1 amide bonds. The molecule has 0 radical (unpaired) electrons. The van der Waals surface area contributed by atoms with Crippen LogP contribution >= 0.6 is 27.3 Å². The van der Waals surface area contributed by atoms with E-state index < -0.39 is 0 Å². The summed E-state index contributed by atoms with van der Waals surface area (Å²) < 4.78 is 0. The van der Waals surface area contributed by atoms with Crippen molar-refractivity contribution in [3.8, 4) is 0 Å². The van der Waals surface area contributed by atoms with Gasteiger partial charge < -0.3 is 5.32 Å². The van der Waals surface area contributed by atoms with Crippen molar-refractivity contribution in [2.24, 2.45) is 5.92 Å². The predicted octanol–water partition coefficient (Wildman–Crippen LogP) is 2.82. The Bertz CT molecular complexity index is 311. The number of amides is 1. The lowest BCUT2D eigenvalue weighted by molar-refractivity contribution is 0.0953. The van der Waals surface area contributed by atoms with Crippen LogP contribution in [0, 0.1) is 12.8 Å². The molecule has 1 aromatic rings. The molecule has 0 bridgehead atoms. The predicted molar refractivity (Wildman–Crippen MR) is 64.3 cm³/mol. The minimum atomic E-state index is 0.0466. The van der Waals surface area contributed by atoms with Crippen LogP contribution in [-0.4, -0.2) is 17.8 Å². The van der Waals surface area contributed by atoms with Gasteiger partial charge in [-0.25, -0.2) is 0 Å². The third-order valence-electron chi connectivity index (χ3n) is 1.94. The molecule has 0 aliphatic heterocycles. The lowest BCUT2D eigenvalue weighted by atomic mass is 10.2. The van der Waals surface area contributed by atoms with E-state index in [1.165, 1.54) is 11.3 Å². The topological polar surface area (TPSA) is 29.1 Å². The van der Waals surface area contributed by atoms with E-state index >= 15 is 0 Å². The molecule has 0 aliphatic rings. The highest BCUT2D eigenvalue weighted by molar-refractivity contribution is 9.09. The Hall–Kier alpha value is -0.350. The Labute approximate surface area is 96.8 Å². The number of carbonyl (C=O) groups excluding carboxylic acids is 1. The van der Waals surface area contributed by atoms with E-state index in [4.69, 9.17) is 0 Å². The molecule has 1 heterocycles. The molecule has 78 valence electrons. The van der Waals surface area contributed by atoms with Gasteiger partial charge in [-0.15, -0.1) is 11.3 Å². The second-order valence-corrected chi connectivity index (χ2v) is 4.97. The lowest BCUT2D eigenvalue weighted by Gasteiger charge is -2.08. The Morgan fingerprint density at radius 1 is 1.71 bits per heavy atom. The molecular formula is C10H14BrNOS. The summed E-state index contributed by atoms with van der Waals surface area (Å²) in [5.74, 6) is 0.518. The molecule has 0 saturated heterocycles. The average molecular weight is 276 g/mol. The van der Waals surface area contributed by atoms with Crippen molar-refractivity contribution in [1.29, 1.82) is 0 Å². The molecule has 0 aromatic carbocycles. The summed E-state index contributed by atoms with van der Waals surface area (Å²) >= 11 is 4.87. The maximum atomic E-state index is 11.6. The minimum absolute atomic E-state index is 0.0466. The fraction of sp³-hybridized carbons (Fsp3) is 0.500. The number of rotatable bonds is 4. The van der Waals surface area contributed by atoms with Crippen molar-refractivity contribution >= 4 is 33.2 Å². The first-order valence-corrected chi connectivity index (χ1v) is 6.53. The highest BCUT2D eigenvalue weighted by atomic mass is 79.9. The summed E-state index contributed by atoms with van der Waals surface area (Å²) in [6, 6.07) is 1.97. The first-order chi connectivity index (χ1) is 6.65. The number of aryl methyl sites for hydroxylation is 1. The molecule has 2 nitrogen and oxygen atoms in total. The zero-order chi connectivity index (χ0) is 10.6. The summed E-state index contributed by atoms with van der Waals surface area (Å²) in [5.41, 5.74) is 1.05. The minimum Gasteiger partial charge on any atom is -0.351 e. The first-order valence-electron chi connectivity index (χ1n) is 4.53. The van der Waals surface area contributed by atoms with Gasteiger partial charge >= 0.3 is 0 Å². The van der Waals surface area contributed by atoms with E-state index in [-0.39, 0.29) is 5.91 Å². The van der Waals surface area contributed by atoms with Gasteiger partial charge in [0, 0.05) is 11.9 Å². The smallest absolute Gasteiger partial charge is 0.261 e. The van der Waals surface area contributed by atoms with E-state index in [0.29, 0.717) is 5.92 Å². The number of thiophene rings is 1. The third kappa shape index (κ3) is 3.10. The molecule has 0 saturated carbocycles. The summed E-state index contributed by atoms with van der Waals surface area (Å²) in [5, 5.41) is 5.77. The number of nitrogens with one attached hydrogen (secondary N) is 1. The Morgan fingerprint density at radius 2 is 2.43 bits per heavy atom. The molecule has 0 aliphatic carbocycles. The van der Waals surface area contributed by atoms with Crippen LogP contribution < -0.4 is 5.32 Å². The summed E-state index contributed by atoms with van der Waals surface area (Å²) in [7, 11) is 0. The van der Waals surface area contributed by atoms with Crippen LogP contribution in [0.4, 0.5) is 0 Å². The fourth-order valence-corrected chi connectivity index (χ4v) is 2.08. The second-order valence-electron chi connectivity index (χ2n) is 3.40. The van der Waals surface area contributed by atoms with E-state index in [9.17, 15) is 4.79 Å². The lowest BCUT2D eigenvalue weighted by Crippen LogP contribution is -2.28. The molecule has 0 spiro atoms. The van der Waals surface area contributed by atoms with Crippen LogP contribution in [0.25, 0.3) is 0 Å². The first kappa shape index (κ1) is 11.7. The van der Waals surface area contributed by atoms with Gasteiger partial charge in [-0.05, 0) is 29.9 Å². The molecule has 1 unspecified atom stereocenters. The monoisotopic (exact) mass is 275 g/mol. The number of carbonyl (C=O) groups is 1. The molecule has 1 N–H and O–H groups in total. The van der Waals surface area contributed by atoms with Gasteiger partial charge in [0.2, 0.25) is 0 Å². The van der Waals surface area contributed by atoms with Gasteiger partial charge in [0.05, 0.1) is 4.88 Å². The van der Waals surface area contributed by atoms with E-state index in [1.54, 1.807) is 0 Å². The van der Waals surface area contributed by atoms with E-state index in [2.05, 4.69) is 28.2 Å². The molecule has 4 heteroatoms. The van der Waals surface area contributed by atoms with Gasteiger partial charge in [0.1, 0.15) is 0 Å². The van der Waals surface area contributed by atoms with E-state index in [1.807, 2.05) is 18.4 Å². The normalized spacial score (nSPS) is 12.5. The molecule has 0 fully saturated rings. The van der Waals surface area contributed by atoms with Crippen molar-refractivity contribution in [3.05, 3.63) is 21.9 Å². The summed E-state index contributed by atoms with van der Waals surface area (Å²) in [6.45, 7) is 4.77. The van der Waals surface area contributed by atoms with Crippen molar-refractivity contribution in [3.63, 3.8) is 0 Å². The zero-order valence-corrected chi connectivity index (χ0v) is 10.7. The molecule has 14 heavy (non-hydrogen) atoms. The van der Waals surface area contributed by atoms with Crippen LogP contribution in [-0.2, 0) is 0 Å². The van der Waals surface area contributed by atoms with Gasteiger partial charge in [0.15, 0.2) is 0 Å². The Balaban J connectivity index is 2.47. The number of halogens is 1.